The lowest BCUT2D eigenvalue weighted by Crippen LogP contribution is -2.42. The minimum absolute atomic E-state index is 0.0138. The van der Waals surface area contributed by atoms with Crippen molar-refractivity contribution in [2.75, 3.05) is 32.7 Å². The predicted octanol–water partition coefficient (Wildman–Crippen LogP) is 1.62. The van der Waals surface area contributed by atoms with Crippen molar-refractivity contribution < 1.29 is 19.2 Å². The molecular weight excluding hydrogens is 372 g/mol. The summed E-state index contributed by atoms with van der Waals surface area (Å²) in [5.41, 5.74) is -0.323. The molecule has 1 atom stereocenters. The molecule has 1 aromatic rings. The number of likely N-dealkylation sites (tertiary alicyclic amines) is 2. The summed E-state index contributed by atoms with van der Waals surface area (Å²) < 4.78 is 11.1. The van der Waals surface area contributed by atoms with Gasteiger partial charge in [0.15, 0.2) is 5.82 Å². The Morgan fingerprint density at radius 1 is 1.17 bits per heavy atom. The highest BCUT2D eigenvalue weighted by Crippen LogP contribution is 2.43. The van der Waals surface area contributed by atoms with Gasteiger partial charge >= 0.3 is 5.97 Å². The average Bonchev–Trinajstić information content (AvgIpc) is 3.23. The smallest absolute Gasteiger partial charge is 0.312 e. The van der Waals surface area contributed by atoms with Crippen molar-refractivity contribution in [2.24, 2.45) is 11.3 Å². The van der Waals surface area contributed by atoms with E-state index in [1.807, 2.05) is 0 Å². The van der Waals surface area contributed by atoms with E-state index in [2.05, 4.69) is 33.8 Å². The number of nitrogens with zero attached hydrogens (tertiary/aromatic N) is 4. The maximum atomic E-state index is 12.7. The van der Waals surface area contributed by atoms with E-state index in [-0.39, 0.29) is 23.6 Å². The Hall–Kier alpha value is -1.51. The summed E-state index contributed by atoms with van der Waals surface area (Å²) in [5.74, 6) is 1.92. The van der Waals surface area contributed by atoms with Gasteiger partial charge in [-0.2, -0.15) is 4.98 Å². The highest BCUT2D eigenvalue weighted by atomic mass is 16.6. The molecule has 3 fully saturated rings. The number of hydrogen-bond donors (Lipinski definition) is 1. The lowest BCUT2D eigenvalue weighted by molar-refractivity contribution is -0.151. The number of esters is 1. The SMILES string of the molecule is CC(C)Cc1nc(CN2CCC3(CC2)CC(CN2CCC(O)CC2)OC3=O)no1. The van der Waals surface area contributed by atoms with Crippen molar-refractivity contribution in [3.05, 3.63) is 11.7 Å². The van der Waals surface area contributed by atoms with Crippen molar-refractivity contribution in [3.8, 4) is 0 Å². The van der Waals surface area contributed by atoms with E-state index in [4.69, 9.17) is 9.26 Å². The standard InChI is InChI=1S/C21H34N4O4/c1-15(2)11-19-22-18(23-29-19)14-25-9-5-21(6-10-25)12-17(28-20(21)27)13-24-7-3-16(26)4-8-24/h15-17,26H,3-14H2,1-2H3. The fraction of sp³-hybridized carbons (Fsp3) is 0.857. The van der Waals surface area contributed by atoms with Crippen LogP contribution in [-0.4, -0.2) is 75.9 Å². The molecule has 4 heterocycles. The van der Waals surface area contributed by atoms with E-state index in [1.165, 1.54) is 0 Å². The van der Waals surface area contributed by atoms with Crippen LogP contribution in [0, 0.1) is 11.3 Å². The zero-order chi connectivity index (χ0) is 20.4. The minimum atomic E-state index is -0.323. The number of aromatic nitrogens is 2. The van der Waals surface area contributed by atoms with Gasteiger partial charge in [0.05, 0.1) is 18.1 Å². The molecular formula is C21H34N4O4. The molecule has 0 amide bonds. The Balaban J connectivity index is 1.26. The van der Waals surface area contributed by atoms with Crippen LogP contribution < -0.4 is 0 Å². The second kappa shape index (κ2) is 8.70. The van der Waals surface area contributed by atoms with Crippen LogP contribution in [0.25, 0.3) is 0 Å². The third kappa shape index (κ3) is 4.98. The Kier molecular flexibility index (Phi) is 6.22. The predicted molar refractivity (Wildman–Crippen MR) is 106 cm³/mol. The maximum Gasteiger partial charge on any atom is 0.312 e. The van der Waals surface area contributed by atoms with Crippen LogP contribution in [-0.2, 0) is 22.5 Å². The van der Waals surface area contributed by atoms with E-state index < -0.39 is 0 Å². The summed E-state index contributed by atoms with van der Waals surface area (Å²) in [6.07, 6.45) is 4.73. The van der Waals surface area contributed by atoms with Crippen LogP contribution in [0.2, 0.25) is 0 Å². The van der Waals surface area contributed by atoms with Gasteiger partial charge in [0, 0.05) is 32.5 Å². The van der Waals surface area contributed by atoms with Gasteiger partial charge in [0.25, 0.3) is 0 Å². The Bertz CT molecular complexity index is 691. The molecule has 3 aliphatic rings. The van der Waals surface area contributed by atoms with Crippen molar-refractivity contribution in [2.45, 2.75) is 71.1 Å². The van der Waals surface area contributed by atoms with Crippen LogP contribution in [0.5, 0.6) is 0 Å². The zero-order valence-corrected chi connectivity index (χ0v) is 17.7. The third-order valence-corrected chi connectivity index (χ3v) is 6.62. The molecule has 1 unspecified atom stereocenters. The number of rotatable bonds is 6. The van der Waals surface area contributed by atoms with E-state index in [0.717, 1.165) is 77.1 Å². The van der Waals surface area contributed by atoms with Crippen molar-refractivity contribution in [3.63, 3.8) is 0 Å². The topological polar surface area (TPSA) is 91.9 Å². The van der Waals surface area contributed by atoms with Gasteiger partial charge in [-0.25, -0.2) is 0 Å². The number of carbonyl (C=O) groups excluding carboxylic acids is 1. The molecule has 1 spiro atoms. The van der Waals surface area contributed by atoms with E-state index in [9.17, 15) is 9.90 Å². The number of carbonyl (C=O) groups is 1. The normalized spacial score (nSPS) is 26.5. The monoisotopic (exact) mass is 406 g/mol. The lowest BCUT2D eigenvalue weighted by Gasteiger charge is -2.36. The van der Waals surface area contributed by atoms with Gasteiger partial charge in [-0.05, 0) is 44.7 Å². The number of aliphatic hydroxyl groups is 1. The second-order valence-corrected chi connectivity index (χ2v) is 9.52. The molecule has 0 saturated carbocycles. The fourth-order valence-corrected chi connectivity index (χ4v) is 4.86. The Labute approximate surface area is 172 Å². The Morgan fingerprint density at radius 2 is 1.90 bits per heavy atom. The number of ether oxygens (including phenoxy) is 1. The first-order valence-corrected chi connectivity index (χ1v) is 11.1. The molecule has 0 radical (unpaired) electrons. The minimum Gasteiger partial charge on any atom is -0.461 e. The molecule has 29 heavy (non-hydrogen) atoms. The van der Waals surface area contributed by atoms with Crippen LogP contribution in [0.15, 0.2) is 4.52 Å². The molecule has 162 valence electrons. The Morgan fingerprint density at radius 3 is 2.59 bits per heavy atom. The van der Waals surface area contributed by atoms with Gasteiger partial charge in [-0.15, -0.1) is 0 Å². The van der Waals surface area contributed by atoms with Gasteiger partial charge < -0.3 is 14.4 Å². The number of aliphatic hydroxyl groups excluding tert-OH is 1. The molecule has 8 heteroatoms. The van der Waals surface area contributed by atoms with Crippen LogP contribution in [0.1, 0.15) is 57.7 Å². The first-order valence-electron chi connectivity index (χ1n) is 11.1. The highest BCUT2D eigenvalue weighted by molar-refractivity contribution is 5.79. The van der Waals surface area contributed by atoms with Crippen molar-refractivity contribution >= 4 is 5.97 Å². The fourth-order valence-electron chi connectivity index (χ4n) is 4.86. The van der Waals surface area contributed by atoms with Crippen molar-refractivity contribution in [1.82, 2.24) is 19.9 Å². The lowest BCUT2D eigenvalue weighted by atomic mass is 9.76. The first-order chi connectivity index (χ1) is 13.9. The number of cyclic esters (lactones) is 1. The summed E-state index contributed by atoms with van der Waals surface area (Å²) in [6, 6.07) is 0. The molecule has 3 aliphatic heterocycles. The van der Waals surface area contributed by atoms with E-state index >= 15 is 0 Å². The number of piperidine rings is 2. The summed E-state index contributed by atoms with van der Waals surface area (Å²) in [7, 11) is 0. The quantitative estimate of drug-likeness (QED) is 0.713. The van der Waals surface area contributed by atoms with Gasteiger partial charge in [-0.3, -0.25) is 14.6 Å². The van der Waals surface area contributed by atoms with E-state index in [1.54, 1.807) is 0 Å². The number of hydrogen-bond acceptors (Lipinski definition) is 8. The van der Waals surface area contributed by atoms with Crippen molar-refractivity contribution in [1.29, 1.82) is 0 Å². The van der Waals surface area contributed by atoms with Crippen LogP contribution >= 0.6 is 0 Å². The van der Waals surface area contributed by atoms with Gasteiger partial charge in [-0.1, -0.05) is 19.0 Å². The molecule has 3 saturated heterocycles. The second-order valence-electron chi connectivity index (χ2n) is 9.52. The maximum absolute atomic E-state index is 12.7. The summed E-state index contributed by atoms with van der Waals surface area (Å²) >= 11 is 0. The van der Waals surface area contributed by atoms with Gasteiger partial charge in [0.2, 0.25) is 5.89 Å². The highest BCUT2D eigenvalue weighted by Gasteiger charge is 2.50. The average molecular weight is 407 g/mol. The third-order valence-electron chi connectivity index (χ3n) is 6.62. The summed E-state index contributed by atoms with van der Waals surface area (Å²) in [5, 5.41) is 13.8. The molecule has 4 rings (SSSR count). The first kappa shape index (κ1) is 20.8. The molecule has 8 nitrogen and oxygen atoms in total. The molecule has 1 aromatic heterocycles. The van der Waals surface area contributed by atoms with Crippen LogP contribution in [0.4, 0.5) is 0 Å². The van der Waals surface area contributed by atoms with Gasteiger partial charge in [0.1, 0.15) is 6.10 Å². The summed E-state index contributed by atoms with van der Waals surface area (Å²) in [6.45, 7) is 9.22. The molecule has 0 aliphatic carbocycles. The molecule has 0 aromatic carbocycles. The zero-order valence-electron chi connectivity index (χ0n) is 17.7. The molecule has 1 N–H and O–H groups in total. The van der Waals surface area contributed by atoms with E-state index in [0.29, 0.717) is 18.4 Å². The van der Waals surface area contributed by atoms with Crippen LogP contribution in [0.3, 0.4) is 0 Å². The summed E-state index contributed by atoms with van der Waals surface area (Å²) in [4.78, 5) is 21.8. The largest absolute Gasteiger partial charge is 0.461 e. The molecule has 0 bridgehead atoms.